The molecule has 1 aliphatic heterocycles. The number of imide groups is 1. The average Bonchev–Trinajstić information content (AvgIpc) is 2.89. The summed E-state index contributed by atoms with van der Waals surface area (Å²) in [6, 6.07) is 0. The van der Waals surface area contributed by atoms with Gasteiger partial charge >= 0.3 is 18.3 Å². The predicted octanol–water partition coefficient (Wildman–Crippen LogP) is 0.0644. The predicted molar refractivity (Wildman–Crippen MR) is 82.5 cm³/mol. The molecule has 0 aliphatic carbocycles. The Labute approximate surface area is 149 Å². The number of alkyl carbamates (subject to hydrolysis) is 2. The van der Waals surface area contributed by atoms with Gasteiger partial charge < -0.3 is 24.8 Å². The molecule has 0 spiro atoms. The second-order valence-corrected chi connectivity index (χ2v) is 4.87. The van der Waals surface area contributed by atoms with Gasteiger partial charge in [-0.1, -0.05) is 5.06 Å². The van der Waals surface area contributed by atoms with E-state index in [2.05, 4.69) is 24.9 Å². The number of hydrogen-bond donors (Lipinski definition) is 2. The molecule has 1 aliphatic rings. The van der Waals surface area contributed by atoms with Crippen molar-refractivity contribution in [2.75, 3.05) is 26.3 Å². The summed E-state index contributed by atoms with van der Waals surface area (Å²) in [6.07, 6.45) is -4.04. The fourth-order valence-corrected chi connectivity index (χ4v) is 1.80. The van der Waals surface area contributed by atoms with E-state index in [1.165, 1.54) is 0 Å². The summed E-state index contributed by atoms with van der Waals surface area (Å²) in [6.45, 7) is 3.05. The Bertz CT molecular complexity index is 514. The number of rotatable bonds is 8. The quantitative estimate of drug-likeness (QED) is 0.341. The molecule has 0 bridgehead atoms. The summed E-state index contributed by atoms with van der Waals surface area (Å²) >= 11 is 0. The molecule has 0 radical (unpaired) electrons. The molecule has 12 nitrogen and oxygen atoms in total. The molecule has 1 saturated heterocycles. The van der Waals surface area contributed by atoms with Crippen molar-refractivity contribution in [3.63, 3.8) is 0 Å². The van der Waals surface area contributed by atoms with Crippen LogP contribution in [0.5, 0.6) is 0 Å². The molecule has 1 rings (SSSR count). The zero-order chi connectivity index (χ0) is 19.5. The maximum atomic E-state index is 11.8. The number of carbonyl (C=O) groups excluding carboxylic acids is 5. The van der Waals surface area contributed by atoms with Crippen molar-refractivity contribution in [2.24, 2.45) is 0 Å². The van der Waals surface area contributed by atoms with Crippen molar-refractivity contribution in [3.8, 4) is 0 Å². The van der Waals surface area contributed by atoms with Gasteiger partial charge in [0, 0.05) is 12.8 Å². The van der Waals surface area contributed by atoms with Gasteiger partial charge in [0.15, 0.2) is 0 Å². The van der Waals surface area contributed by atoms with Crippen molar-refractivity contribution in [1.82, 2.24) is 15.7 Å². The second-order valence-electron chi connectivity index (χ2n) is 4.87. The lowest BCUT2D eigenvalue weighted by atomic mass is 10.3. The first-order valence-corrected chi connectivity index (χ1v) is 7.92. The van der Waals surface area contributed by atoms with E-state index in [0.717, 1.165) is 0 Å². The first-order valence-electron chi connectivity index (χ1n) is 7.92. The summed E-state index contributed by atoms with van der Waals surface area (Å²) < 4.78 is 14.2. The Morgan fingerprint density at radius 2 is 1.42 bits per heavy atom. The van der Waals surface area contributed by atoms with Crippen molar-refractivity contribution in [3.05, 3.63) is 0 Å². The molecule has 146 valence electrons. The lowest BCUT2D eigenvalue weighted by Gasteiger charge is -2.19. The fraction of sp³-hybridized carbons (Fsp3) is 0.643. The van der Waals surface area contributed by atoms with Gasteiger partial charge in [0.2, 0.25) is 0 Å². The lowest BCUT2D eigenvalue weighted by Crippen LogP contribution is -2.44. The van der Waals surface area contributed by atoms with Crippen molar-refractivity contribution in [1.29, 1.82) is 0 Å². The van der Waals surface area contributed by atoms with E-state index in [4.69, 9.17) is 4.74 Å². The van der Waals surface area contributed by atoms with Gasteiger partial charge in [-0.15, -0.1) is 0 Å². The number of hydroxylamine groups is 2. The van der Waals surface area contributed by atoms with Gasteiger partial charge in [-0.2, -0.15) is 0 Å². The van der Waals surface area contributed by atoms with Crippen LogP contribution in [0.2, 0.25) is 0 Å². The van der Waals surface area contributed by atoms with E-state index in [0.29, 0.717) is 5.06 Å². The highest BCUT2D eigenvalue weighted by Gasteiger charge is 2.34. The third-order valence-electron chi connectivity index (χ3n) is 2.93. The minimum atomic E-state index is -1.34. The highest BCUT2D eigenvalue weighted by molar-refractivity contribution is 6.01. The fourth-order valence-electron chi connectivity index (χ4n) is 1.80. The van der Waals surface area contributed by atoms with Crippen LogP contribution in [0.1, 0.15) is 26.7 Å². The molecule has 2 N–H and O–H groups in total. The van der Waals surface area contributed by atoms with Crippen LogP contribution < -0.4 is 10.6 Å². The number of hydrogen-bond acceptors (Lipinski definition) is 9. The van der Waals surface area contributed by atoms with Crippen LogP contribution in [0.3, 0.4) is 0 Å². The highest BCUT2D eigenvalue weighted by Crippen LogP contribution is 2.13. The molecule has 26 heavy (non-hydrogen) atoms. The minimum absolute atomic E-state index is 0.0651. The molecule has 0 aromatic rings. The standard InChI is InChI=1S/C14H21N3O9/c1-3-23-12(20)15-7-9(8-16-13(21)24-4-2)25-14(22)26-17-10(18)5-6-11(17)19/h9H,3-8H2,1-2H3,(H,15,20)(H,16,21). The Morgan fingerprint density at radius 3 is 1.85 bits per heavy atom. The largest absolute Gasteiger partial charge is 0.534 e. The molecule has 1 heterocycles. The van der Waals surface area contributed by atoms with E-state index in [9.17, 15) is 24.0 Å². The molecular weight excluding hydrogens is 354 g/mol. The van der Waals surface area contributed by atoms with E-state index >= 15 is 0 Å². The molecule has 0 aromatic heterocycles. The first-order chi connectivity index (χ1) is 12.4. The zero-order valence-electron chi connectivity index (χ0n) is 14.4. The van der Waals surface area contributed by atoms with Crippen molar-refractivity contribution >= 4 is 30.2 Å². The normalized spacial score (nSPS) is 13.4. The van der Waals surface area contributed by atoms with Crippen LogP contribution >= 0.6 is 0 Å². The summed E-state index contributed by atoms with van der Waals surface area (Å²) in [5.74, 6) is -1.34. The number of amides is 4. The van der Waals surface area contributed by atoms with Crippen LogP contribution in [0, 0.1) is 0 Å². The van der Waals surface area contributed by atoms with Gasteiger partial charge in [0.25, 0.3) is 11.8 Å². The summed E-state index contributed by atoms with van der Waals surface area (Å²) in [7, 11) is 0. The maximum Gasteiger partial charge on any atom is 0.534 e. The zero-order valence-corrected chi connectivity index (χ0v) is 14.4. The second kappa shape index (κ2) is 10.7. The topological polar surface area (TPSA) is 150 Å². The average molecular weight is 375 g/mol. The Hall–Kier alpha value is -3.05. The molecule has 0 aromatic carbocycles. The van der Waals surface area contributed by atoms with Crippen LogP contribution in [0.25, 0.3) is 0 Å². The van der Waals surface area contributed by atoms with Crippen LogP contribution in [-0.4, -0.2) is 67.6 Å². The molecule has 4 amide bonds. The Balaban J connectivity index is 2.56. The maximum absolute atomic E-state index is 11.8. The van der Waals surface area contributed by atoms with Gasteiger partial charge in [-0.05, 0) is 13.8 Å². The molecule has 1 fully saturated rings. The van der Waals surface area contributed by atoms with Gasteiger partial charge in [-0.25, -0.2) is 14.4 Å². The third kappa shape index (κ3) is 7.23. The third-order valence-corrected chi connectivity index (χ3v) is 2.93. The van der Waals surface area contributed by atoms with Gasteiger partial charge in [0.1, 0.15) is 6.10 Å². The molecule has 0 atom stereocenters. The summed E-state index contributed by atoms with van der Waals surface area (Å²) in [4.78, 5) is 61.8. The van der Waals surface area contributed by atoms with E-state index in [1.807, 2.05) is 0 Å². The number of carbonyl (C=O) groups is 5. The number of nitrogens with one attached hydrogen (secondary N) is 2. The van der Waals surface area contributed by atoms with Crippen LogP contribution in [0.4, 0.5) is 14.4 Å². The molecule has 0 saturated carbocycles. The Morgan fingerprint density at radius 1 is 0.962 bits per heavy atom. The van der Waals surface area contributed by atoms with E-state index in [-0.39, 0.29) is 39.1 Å². The smallest absolute Gasteiger partial charge is 0.450 e. The van der Waals surface area contributed by atoms with Crippen molar-refractivity contribution < 1.29 is 43.0 Å². The minimum Gasteiger partial charge on any atom is -0.450 e. The number of ether oxygens (including phenoxy) is 3. The monoisotopic (exact) mass is 375 g/mol. The number of nitrogens with zero attached hydrogens (tertiary/aromatic N) is 1. The highest BCUT2D eigenvalue weighted by atomic mass is 16.8. The SMILES string of the molecule is CCOC(=O)NCC(CNC(=O)OCC)OC(=O)ON1C(=O)CCC1=O. The van der Waals surface area contributed by atoms with E-state index in [1.54, 1.807) is 13.8 Å². The van der Waals surface area contributed by atoms with Crippen LogP contribution in [0.15, 0.2) is 0 Å². The molecular formula is C14H21N3O9. The molecule has 12 heteroatoms. The van der Waals surface area contributed by atoms with Gasteiger partial charge in [0.05, 0.1) is 26.3 Å². The summed E-state index contributed by atoms with van der Waals surface area (Å²) in [5, 5.41) is 4.96. The van der Waals surface area contributed by atoms with Gasteiger partial charge in [-0.3, -0.25) is 14.4 Å². The van der Waals surface area contributed by atoms with E-state index < -0.39 is 36.3 Å². The lowest BCUT2D eigenvalue weighted by molar-refractivity contribution is -0.178. The van der Waals surface area contributed by atoms with Crippen LogP contribution in [-0.2, 0) is 28.6 Å². The Kier molecular flexibility index (Phi) is 8.67. The summed E-state index contributed by atoms with van der Waals surface area (Å²) in [5.41, 5.74) is 0. The molecule has 0 unspecified atom stereocenters. The van der Waals surface area contributed by atoms with Crippen molar-refractivity contribution in [2.45, 2.75) is 32.8 Å². The first kappa shape index (κ1) is 21.0.